The zero-order valence-electron chi connectivity index (χ0n) is 14.1. The summed E-state index contributed by atoms with van der Waals surface area (Å²) in [6.45, 7) is 2.65. The van der Waals surface area contributed by atoms with Gasteiger partial charge in [-0.15, -0.1) is 0 Å². The van der Waals surface area contributed by atoms with E-state index in [0.717, 1.165) is 12.7 Å². The highest BCUT2D eigenvalue weighted by Gasteiger charge is 2.19. The predicted octanol–water partition coefficient (Wildman–Crippen LogP) is 1.31. The molecule has 0 saturated heterocycles. The number of nitrogens with one attached hydrogen (secondary N) is 3. The molecule has 0 aliphatic rings. The van der Waals surface area contributed by atoms with Crippen LogP contribution in [0.2, 0.25) is 0 Å². The molecule has 1 aromatic heterocycles. The number of rotatable bonds is 6. The number of benzene rings is 1. The number of carbonyl (C=O) groups excluding carboxylic acids is 2. The van der Waals surface area contributed by atoms with Crippen LogP contribution in [0.15, 0.2) is 36.4 Å². The number of carbonyl (C=O) groups is 2. The number of H-pyrrole nitrogens is 1. The van der Waals surface area contributed by atoms with Crippen molar-refractivity contribution in [1.29, 1.82) is 0 Å². The summed E-state index contributed by atoms with van der Waals surface area (Å²) in [5, 5.41) is 12.2. The molecule has 0 aliphatic heterocycles. The third kappa shape index (κ3) is 5.13. The quantitative estimate of drug-likeness (QED) is 0.640. The lowest BCUT2D eigenvalue weighted by molar-refractivity contribution is 0.0951. The molecule has 24 heavy (non-hydrogen) atoms. The van der Waals surface area contributed by atoms with E-state index >= 15 is 0 Å². The zero-order valence-corrected chi connectivity index (χ0v) is 14.1. The highest BCUT2D eigenvalue weighted by atomic mass is 16.5. The normalized spacial score (nSPS) is 9.50. The van der Waals surface area contributed by atoms with Gasteiger partial charge in [-0.05, 0) is 12.5 Å². The number of amides is 2. The van der Waals surface area contributed by atoms with E-state index in [9.17, 15) is 9.59 Å². The lowest BCUT2D eigenvalue weighted by atomic mass is 10.2. The van der Waals surface area contributed by atoms with E-state index in [1.54, 1.807) is 6.07 Å². The second-order valence-corrected chi connectivity index (χ2v) is 4.64. The molecule has 0 unspecified atom stereocenters. The van der Waals surface area contributed by atoms with Gasteiger partial charge in [-0.25, -0.2) is 0 Å². The van der Waals surface area contributed by atoms with Crippen molar-refractivity contribution in [3.8, 4) is 5.75 Å². The first-order chi connectivity index (χ1) is 11.7. The largest absolute Gasteiger partial charge is 0.486 e. The molecule has 0 saturated carbocycles. The van der Waals surface area contributed by atoms with E-state index in [-0.39, 0.29) is 17.5 Å². The Morgan fingerprint density at radius 3 is 2.42 bits per heavy atom. The first kappa shape index (κ1) is 19.2. The summed E-state index contributed by atoms with van der Waals surface area (Å²) >= 11 is 0. The SMILES string of the molecule is CCNC(=O)c1cc(OCc2ccccc2)c(C(=O)NC)[nH]1.CO. The molecule has 0 bridgehead atoms. The van der Waals surface area contributed by atoms with Crippen LogP contribution in [0, 0.1) is 0 Å². The van der Waals surface area contributed by atoms with Gasteiger partial charge in [0.2, 0.25) is 0 Å². The first-order valence-corrected chi connectivity index (χ1v) is 7.50. The molecule has 2 amide bonds. The van der Waals surface area contributed by atoms with E-state index in [1.807, 2.05) is 37.3 Å². The van der Waals surface area contributed by atoms with Crippen molar-refractivity contribution in [3.05, 3.63) is 53.3 Å². The van der Waals surface area contributed by atoms with E-state index in [1.165, 1.54) is 7.05 Å². The Hall–Kier alpha value is -2.80. The van der Waals surface area contributed by atoms with E-state index in [2.05, 4.69) is 15.6 Å². The maximum Gasteiger partial charge on any atom is 0.271 e. The van der Waals surface area contributed by atoms with Crippen LogP contribution in [0.25, 0.3) is 0 Å². The summed E-state index contributed by atoms with van der Waals surface area (Å²) in [7, 11) is 2.52. The molecule has 7 heteroatoms. The van der Waals surface area contributed by atoms with Crippen LogP contribution in [-0.4, -0.2) is 42.6 Å². The smallest absolute Gasteiger partial charge is 0.271 e. The molecule has 2 aromatic rings. The molecule has 4 N–H and O–H groups in total. The Labute approximate surface area is 141 Å². The third-order valence-corrected chi connectivity index (χ3v) is 3.05. The third-order valence-electron chi connectivity index (χ3n) is 3.05. The fourth-order valence-corrected chi connectivity index (χ4v) is 1.96. The van der Waals surface area contributed by atoms with E-state index in [4.69, 9.17) is 9.84 Å². The Morgan fingerprint density at radius 1 is 1.17 bits per heavy atom. The van der Waals surface area contributed by atoms with Gasteiger partial charge in [-0.2, -0.15) is 0 Å². The first-order valence-electron chi connectivity index (χ1n) is 7.50. The Bertz CT molecular complexity index is 653. The van der Waals surface area contributed by atoms with Crippen molar-refractivity contribution in [1.82, 2.24) is 15.6 Å². The van der Waals surface area contributed by atoms with Gasteiger partial charge in [0.1, 0.15) is 18.0 Å². The van der Waals surface area contributed by atoms with Gasteiger partial charge >= 0.3 is 0 Å². The second-order valence-electron chi connectivity index (χ2n) is 4.64. The summed E-state index contributed by atoms with van der Waals surface area (Å²) in [4.78, 5) is 26.6. The summed E-state index contributed by atoms with van der Waals surface area (Å²) in [6.07, 6.45) is 0. The molecule has 0 radical (unpaired) electrons. The molecule has 0 spiro atoms. The fraction of sp³-hybridized carbons (Fsp3) is 0.294. The zero-order chi connectivity index (χ0) is 17.9. The van der Waals surface area contributed by atoms with E-state index in [0.29, 0.717) is 24.6 Å². The molecule has 1 aromatic carbocycles. The number of ether oxygens (including phenoxy) is 1. The van der Waals surface area contributed by atoms with Gasteiger partial charge in [0.15, 0.2) is 5.75 Å². The van der Waals surface area contributed by atoms with Gasteiger partial charge in [-0.1, -0.05) is 30.3 Å². The molecule has 0 atom stereocenters. The number of hydrogen-bond donors (Lipinski definition) is 4. The van der Waals surface area contributed by atoms with Crippen LogP contribution in [0.4, 0.5) is 0 Å². The lowest BCUT2D eigenvalue weighted by Gasteiger charge is -2.06. The maximum atomic E-state index is 11.9. The predicted molar refractivity (Wildman–Crippen MR) is 91.1 cm³/mol. The number of hydrogen-bond acceptors (Lipinski definition) is 4. The van der Waals surface area contributed by atoms with Gasteiger partial charge in [0.25, 0.3) is 11.8 Å². The van der Waals surface area contributed by atoms with Crippen molar-refractivity contribution in [2.24, 2.45) is 0 Å². The van der Waals surface area contributed by atoms with Gasteiger partial charge in [0, 0.05) is 26.8 Å². The van der Waals surface area contributed by atoms with Crippen LogP contribution in [0.3, 0.4) is 0 Å². The van der Waals surface area contributed by atoms with Crippen LogP contribution >= 0.6 is 0 Å². The molecule has 130 valence electrons. The standard InChI is InChI=1S/C16H19N3O3.CH4O/c1-3-18-15(20)12-9-13(14(19-12)16(21)17-2)22-10-11-7-5-4-6-8-11;1-2/h4-9,19H,3,10H2,1-2H3,(H,17,21)(H,18,20);2H,1H3. The minimum Gasteiger partial charge on any atom is -0.486 e. The number of aromatic nitrogens is 1. The Kier molecular flexibility index (Phi) is 8.07. The molecular formula is C17H23N3O4. The van der Waals surface area contributed by atoms with Gasteiger partial charge in [0.05, 0.1) is 0 Å². The Morgan fingerprint density at radius 2 is 1.83 bits per heavy atom. The number of aromatic amines is 1. The highest BCUT2D eigenvalue weighted by Crippen LogP contribution is 2.21. The maximum absolute atomic E-state index is 11.9. The monoisotopic (exact) mass is 333 g/mol. The summed E-state index contributed by atoms with van der Waals surface area (Å²) in [6, 6.07) is 11.1. The van der Waals surface area contributed by atoms with Crippen LogP contribution < -0.4 is 15.4 Å². The highest BCUT2D eigenvalue weighted by molar-refractivity contribution is 5.99. The van der Waals surface area contributed by atoms with Crippen LogP contribution in [0.1, 0.15) is 33.5 Å². The van der Waals surface area contributed by atoms with Crippen molar-refractivity contribution < 1.29 is 19.4 Å². The molecular weight excluding hydrogens is 310 g/mol. The van der Waals surface area contributed by atoms with Crippen molar-refractivity contribution >= 4 is 11.8 Å². The molecule has 7 nitrogen and oxygen atoms in total. The van der Waals surface area contributed by atoms with E-state index < -0.39 is 0 Å². The fourth-order valence-electron chi connectivity index (χ4n) is 1.96. The van der Waals surface area contributed by atoms with Gasteiger partial charge in [-0.3, -0.25) is 9.59 Å². The summed E-state index contributed by atoms with van der Waals surface area (Å²) < 4.78 is 5.68. The molecule has 1 heterocycles. The van der Waals surface area contributed by atoms with Crippen molar-refractivity contribution in [2.75, 3.05) is 20.7 Å². The summed E-state index contributed by atoms with van der Waals surface area (Å²) in [5.74, 6) is -0.259. The lowest BCUT2D eigenvalue weighted by Crippen LogP contribution is -2.23. The molecule has 0 aliphatic carbocycles. The van der Waals surface area contributed by atoms with Crippen molar-refractivity contribution in [2.45, 2.75) is 13.5 Å². The summed E-state index contributed by atoms with van der Waals surface area (Å²) in [5.41, 5.74) is 1.51. The average molecular weight is 333 g/mol. The molecule has 2 rings (SSSR count). The second kappa shape index (κ2) is 10.1. The van der Waals surface area contributed by atoms with Crippen LogP contribution in [0.5, 0.6) is 5.75 Å². The minimum atomic E-state index is -0.335. The van der Waals surface area contributed by atoms with Crippen molar-refractivity contribution in [3.63, 3.8) is 0 Å². The van der Waals surface area contributed by atoms with Gasteiger partial charge < -0.3 is 25.5 Å². The number of aliphatic hydroxyl groups excluding tert-OH is 1. The minimum absolute atomic E-state index is 0.236. The average Bonchev–Trinajstić information content (AvgIpc) is 3.06. The van der Waals surface area contributed by atoms with Crippen LogP contribution in [-0.2, 0) is 6.61 Å². The molecule has 0 fully saturated rings. The Balaban J connectivity index is 0.00000139. The topological polar surface area (TPSA) is 103 Å². The number of aliphatic hydroxyl groups is 1.